The number of nitrogens with two attached hydrogens (primary N) is 1. The normalized spacial score (nSPS) is 24.1. The van der Waals surface area contributed by atoms with Crippen molar-refractivity contribution in [1.29, 1.82) is 0 Å². The number of benzene rings is 2. The van der Waals surface area contributed by atoms with Crippen LogP contribution in [0.3, 0.4) is 0 Å². The van der Waals surface area contributed by atoms with E-state index in [9.17, 15) is 9.50 Å². The van der Waals surface area contributed by atoms with Gasteiger partial charge in [0.2, 0.25) is 0 Å². The molecule has 2 aliphatic rings. The molecule has 0 bridgehead atoms. The highest BCUT2D eigenvalue weighted by Crippen LogP contribution is 2.59. The molecule has 2 atom stereocenters. The van der Waals surface area contributed by atoms with E-state index < -0.39 is 11.0 Å². The number of hydrogen-bond donors (Lipinski definition) is 3. The van der Waals surface area contributed by atoms with Gasteiger partial charge in [-0.25, -0.2) is 4.39 Å². The van der Waals surface area contributed by atoms with E-state index in [4.69, 9.17) is 5.73 Å². The molecule has 1 saturated carbocycles. The Hall–Kier alpha value is -2.87. The lowest BCUT2D eigenvalue weighted by atomic mass is 9.63. The molecular formula is C29H33FN2O. The summed E-state index contributed by atoms with van der Waals surface area (Å²) in [5.74, 6) is 6.32. The van der Waals surface area contributed by atoms with E-state index >= 15 is 0 Å². The van der Waals surface area contributed by atoms with Crippen LogP contribution in [0.25, 0.3) is 0 Å². The molecule has 2 aromatic carbocycles. The van der Waals surface area contributed by atoms with Crippen LogP contribution in [0.1, 0.15) is 56.6 Å². The molecule has 33 heavy (non-hydrogen) atoms. The van der Waals surface area contributed by atoms with Crippen LogP contribution in [-0.4, -0.2) is 17.3 Å². The van der Waals surface area contributed by atoms with Crippen molar-refractivity contribution in [3.63, 3.8) is 0 Å². The van der Waals surface area contributed by atoms with Crippen molar-refractivity contribution in [2.75, 3.05) is 11.9 Å². The number of nitrogens with one attached hydrogen (secondary N) is 1. The molecule has 0 radical (unpaired) electrons. The molecule has 4 heteroatoms. The summed E-state index contributed by atoms with van der Waals surface area (Å²) < 4.78 is 13.7. The van der Waals surface area contributed by atoms with Gasteiger partial charge in [-0.15, -0.1) is 0 Å². The van der Waals surface area contributed by atoms with Crippen LogP contribution in [-0.2, 0) is 0 Å². The maximum Gasteiger partial charge on any atom is 0.135 e. The van der Waals surface area contributed by atoms with Crippen LogP contribution >= 0.6 is 0 Å². The highest BCUT2D eigenvalue weighted by molar-refractivity contribution is 5.57. The van der Waals surface area contributed by atoms with Gasteiger partial charge < -0.3 is 16.2 Å². The Morgan fingerprint density at radius 1 is 1.18 bits per heavy atom. The van der Waals surface area contributed by atoms with E-state index in [2.05, 4.69) is 30.2 Å². The number of anilines is 1. The van der Waals surface area contributed by atoms with Gasteiger partial charge in [-0.1, -0.05) is 61.4 Å². The second kappa shape index (κ2) is 9.55. The van der Waals surface area contributed by atoms with Gasteiger partial charge in [0.25, 0.3) is 0 Å². The molecule has 1 fully saturated rings. The first kappa shape index (κ1) is 23.3. The molecule has 0 amide bonds. The minimum Gasteiger partial charge on any atom is -0.377 e. The summed E-state index contributed by atoms with van der Waals surface area (Å²) in [6.45, 7) is 4.59. The zero-order valence-electron chi connectivity index (χ0n) is 19.5. The van der Waals surface area contributed by atoms with Gasteiger partial charge in [0.05, 0.1) is 0 Å². The van der Waals surface area contributed by atoms with Gasteiger partial charge in [0.15, 0.2) is 0 Å². The van der Waals surface area contributed by atoms with Crippen LogP contribution in [0, 0.1) is 30.0 Å². The maximum absolute atomic E-state index is 13.7. The summed E-state index contributed by atoms with van der Waals surface area (Å²) in [7, 11) is 0. The highest BCUT2D eigenvalue weighted by Gasteiger charge is 2.57. The second-order valence-electron chi connectivity index (χ2n) is 9.31. The molecule has 4 N–H and O–H groups in total. The standard InChI is InChI=1S/C29H33FN2O/c1-3-4-14-28-19-23(20-31)27(32-26-11-7-10-25(30)18-26)17-24(28)13-16-29(28,33)15-12-22-9-6-5-8-21(22)2/h5-11,17-18,32-33H,3-4,13-14,16,19-20,31H2,1-2H3. The van der Waals surface area contributed by atoms with Gasteiger partial charge in [0, 0.05) is 28.9 Å². The quantitative estimate of drug-likeness (QED) is 0.491. The average molecular weight is 445 g/mol. The summed E-state index contributed by atoms with van der Waals surface area (Å²) in [5.41, 5.74) is 10.6. The van der Waals surface area contributed by atoms with Crippen molar-refractivity contribution >= 4 is 5.69 Å². The molecule has 2 aliphatic carbocycles. The Bertz CT molecular complexity index is 1160. The van der Waals surface area contributed by atoms with Crippen molar-refractivity contribution in [1.82, 2.24) is 0 Å². The number of aryl methyl sites for hydroxylation is 1. The van der Waals surface area contributed by atoms with Gasteiger partial charge in [0.1, 0.15) is 11.4 Å². The number of aliphatic hydroxyl groups is 1. The number of halogens is 1. The molecule has 4 rings (SSSR count). The molecule has 172 valence electrons. The molecular weight excluding hydrogens is 411 g/mol. The third kappa shape index (κ3) is 4.49. The van der Waals surface area contributed by atoms with Crippen LogP contribution < -0.4 is 11.1 Å². The molecule has 0 heterocycles. The van der Waals surface area contributed by atoms with Crippen LogP contribution in [0.15, 0.2) is 71.5 Å². The Balaban J connectivity index is 1.73. The molecule has 3 nitrogen and oxygen atoms in total. The van der Waals surface area contributed by atoms with Gasteiger partial charge in [-0.05, 0) is 74.1 Å². The summed E-state index contributed by atoms with van der Waals surface area (Å²) in [4.78, 5) is 0. The molecule has 2 aromatic rings. The molecule has 0 aromatic heterocycles. The summed E-state index contributed by atoms with van der Waals surface area (Å²) in [6.07, 6.45) is 7.11. The lowest BCUT2D eigenvalue weighted by molar-refractivity contribution is -0.00214. The molecule has 0 aliphatic heterocycles. The zero-order chi connectivity index (χ0) is 23.5. The maximum atomic E-state index is 13.7. The van der Waals surface area contributed by atoms with E-state index in [1.165, 1.54) is 17.7 Å². The van der Waals surface area contributed by atoms with Crippen LogP contribution in [0.2, 0.25) is 0 Å². The number of fused-ring (bicyclic) bond motifs is 1. The van der Waals surface area contributed by atoms with Gasteiger partial charge in [-0.3, -0.25) is 0 Å². The smallest absolute Gasteiger partial charge is 0.135 e. The van der Waals surface area contributed by atoms with E-state index in [0.29, 0.717) is 25.1 Å². The first-order valence-electron chi connectivity index (χ1n) is 11.9. The fourth-order valence-electron chi connectivity index (χ4n) is 5.29. The Morgan fingerprint density at radius 3 is 2.73 bits per heavy atom. The Morgan fingerprint density at radius 2 is 2.00 bits per heavy atom. The monoisotopic (exact) mass is 444 g/mol. The topological polar surface area (TPSA) is 58.3 Å². The van der Waals surface area contributed by atoms with Crippen molar-refractivity contribution in [2.24, 2.45) is 11.1 Å². The minimum absolute atomic E-state index is 0.280. The highest BCUT2D eigenvalue weighted by atomic mass is 19.1. The summed E-state index contributed by atoms with van der Waals surface area (Å²) in [5, 5.41) is 15.4. The first-order valence-corrected chi connectivity index (χ1v) is 11.9. The Kier molecular flexibility index (Phi) is 6.74. The number of allylic oxidation sites excluding steroid dienone is 1. The largest absolute Gasteiger partial charge is 0.377 e. The number of unbranched alkanes of at least 4 members (excludes halogenated alkanes) is 1. The van der Waals surface area contributed by atoms with Gasteiger partial charge in [-0.2, -0.15) is 0 Å². The van der Waals surface area contributed by atoms with Crippen LogP contribution in [0.4, 0.5) is 10.1 Å². The minimum atomic E-state index is -1.11. The van der Waals surface area contributed by atoms with E-state index in [1.807, 2.05) is 37.3 Å². The fourth-order valence-corrected chi connectivity index (χ4v) is 5.29. The lowest BCUT2D eigenvalue weighted by Crippen LogP contribution is -2.46. The average Bonchev–Trinajstić information content (AvgIpc) is 3.08. The van der Waals surface area contributed by atoms with E-state index in [0.717, 1.165) is 48.1 Å². The van der Waals surface area contributed by atoms with Crippen LogP contribution in [0.5, 0.6) is 0 Å². The van der Waals surface area contributed by atoms with E-state index in [-0.39, 0.29) is 5.82 Å². The van der Waals surface area contributed by atoms with Gasteiger partial charge >= 0.3 is 0 Å². The zero-order valence-corrected chi connectivity index (χ0v) is 19.5. The van der Waals surface area contributed by atoms with E-state index in [1.54, 1.807) is 6.07 Å². The second-order valence-corrected chi connectivity index (χ2v) is 9.31. The number of rotatable bonds is 6. The SMILES string of the molecule is CCCCC12CC(CN)=C(Nc3cccc(F)c3)C=C1CCC2(O)C#Cc1ccccc1C. The molecule has 0 spiro atoms. The Labute approximate surface area is 196 Å². The van der Waals surface area contributed by atoms with Crippen molar-refractivity contribution < 1.29 is 9.50 Å². The molecule has 2 unspecified atom stereocenters. The summed E-state index contributed by atoms with van der Waals surface area (Å²) >= 11 is 0. The first-order chi connectivity index (χ1) is 15.9. The third-order valence-electron chi connectivity index (χ3n) is 7.23. The number of hydrogen-bond acceptors (Lipinski definition) is 3. The lowest BCUT2D eigenvalue weighted by Gasteiger charge is -2.44. The summed E-state index contributed by atoms with van der Waals surface area (Å²) in [6, 6.07) is 14.5. The van der Waals surface area contributed by atoms with Crippen molar-refractivity contribution in [3.8, 4) is 11.8 Å². The molecule has 0 saturated heterocycles. The fraction of sp³-hybridized carbons (Fsp3) is 0.379. The van der Waals surface area contributed by atoms with Crippen molar-refractivity contribution in [3.05, 3.63) is 88.4 Å². The third-order valence-corrected chi connectivity index (χ3v) is 7.23. The predicted molar refractivity (Wildman–Crippen MR) is 133 cm³/mol. The predicted octanol–water partition coefficient (Wildman–Crippen LogP) is 5.84. The van der Waals surface area contributed by atoms with Crippen molar-refractivity contribution in [2.45, 2.75) is 58.0 Å².